The van der Waals surface area contributed by atoms with E-state index in [9.17, 15) is 4.79 Å². The number of ether oxygens (including phenoxy) is 1. The van der Waals surface area contributed by atoms with Crippen LogP contribution in [0, 0.1) is 5.92 Å². The molecule has 0 aromatic heterocycles. The zero-order chi connectivity index (χ0) is 17.6. The minimum absolute atomic E-state index is 0.148. The predicted molar refractivity (Wildman–Crippen MR) is 104 cm³/mol. The number of likely N-dealkylation sites (tertiary alicyclic amines) is 1. The lowest BCUT2D eigenvalue weighted by Crippen LogP contribution is -2.39. The predicted octanol–water partition coefficient (Wildman–Crippen LogP) is 4.33. The number of amides is 1. The van der Waals surface area contributed by atoms with Gasteiger partial charge in [-0.1, -0.05) is 25.1 Å². The van der Waals surface area contributed by atoms with E-state index >= 15 is 0 Å². The van der Waals surface area contributed by atoms with Crippen LogP contribution in [0.1, 0.15) is 30.1 Å². The number of para-hydroxylation sites is 1. The Hall–Kier alpha value is -2.40. The first-order chi connectivity index (χ1) is 12.1. The van der Waals surface area contributed by atoms with Crippen molar-refractivity contribution >= 4 is 29.0 Å². The lowest BCUT2D eigenvalue weighted by molar-refractivity contribution is 0.102. The van der Waals surface area contributed by atoms with Crippen LogP contribution in [0.25, 0.3) is 0 Å². The molecular formula is C20H22N2O2S. The third-order valence-corrected chi connectivity index (χ3v) is 4.74. The zero-order valence-corrected chi connectivity index (χ0v) is 15.1. The van der Waals surface area contributed by atoms with Gasteiger partial charge in [0.1, 0.15) is 5.75 Å². The largest absolute Gasteiger partial charge is 0.432 e. The second kappa shape index (κ2) is 8.12. The molecule has 0 atom stereocenters. The van der Waals surface area contributed by atoms with Crippen molar-refractivity contribution in [2.75, 3.05) is 18.4 Å². The van der Waals surface area contributed by atoms with Gasteiger partial charge in [0.05, 0.1) is 0 Å². The molecule has 130 valence electrons. The molecule has 1 amide bonds. The summed E-state index contributed by atoms with van der Waals surface area (Å²) in [7, 11) is 0. The van der Waals surface area contributed by atoms with E-state index in [1.807, 2.05) is 30.3 Å². The molecule has 1 heterocycles. The second-order valence-corrected chi connectivity index (χ2v) is 6.73. The molecule has 3 rings (SSSR count). The summed E-state index contributed by atoms with van der Waals surface area (Å²) in [5.41, 5.74) is 1.35. The van der Waals surface area contributed by atoms with Crippen LogP contribution in [0.3, 0.4) is 0 Å². The summed E-state index contributed by atoms with van der Waals surface area (Å²) < 4.78 is 5.77. The Morgan fingerprint density at radius 2 is 1.72 bits per heavy atom. The van der Waals surface area contributed by atoms with E-state index in [-0.39, 0.29) is 5.91 Å². The minimum atomic E-state index is -0.148. The first-order valence-electron chi connectivity index (χ1n) is 8.55. The van der Waals surface area contributed by atoms with E-state index in [1.54, 1.807) is 24.3 Å². The van der Waals surface area contributed by atoms with Gasteiger partial charge < -0.3 is 15.0 Å². The van der Waals surface area contributed by atoms with Gasteiger partial charge in [0.25, 0.3) is 11.1 Å². The highest BCUT2D eigenvalue weighted by molar-refractivity contribution is 7.80. The molecule has 1 fully saturated rings. The Kier molecular flexibility index (Phi) is 5.66. The van der Waals surface area contributed by atoms with Crippen molar-refractivity contribution in [2.45, 2.75) is 19.8 Å². The summed E-state index contributed by atoms with van der Waals surface area (Å²) in [5, 5.41) is 3.37. The topological polar surface area (TPSA) is 41.6 Å². The summed E-state index contributed by atoms with van der Waals surface area (Å²) >= 11 is 5.39. The minimum Gasteiger partial charge on any atom is -0.432 e. The van der Waals surface area contributed by atoms with E-state index in [2.05, 4.69) is 17.1 Å². The highest BCUT2D eigenvalue weighted by Crippen LogP contribution is 2.19. The van der Waals surface area contributed by atoms with Crippen molar-refractivity contribution in [2.24, 2.45) is 5.92 Å². The SMILES string of the molecule is CC1CCN(C(=S)Oc2ccc(C(=O)Nc3ccccc3)cc2)CC1. The molecule has 1 aliphatic rings. The number of benzene rings is 2. The number of hydrogen-bond acceptors (Lipinski definition) is 3. The van der Waals surface area contributed by atoms with Crippen LogP contribution in [0.15, 0.2) is 54.6 Å². The number of thiocarbonyl (C=S) groups is 1. The van der Waals surface area contributed by atoms with E-state index in [4.69, 9.17) is 17.0 Å². The number of piperidine rings is 1. The van der Waals surface area contributed by atoms with Crippen molar-refractivity contribution < 1.29 is 9.53 Å². The van der Waals surface area contributed by atoms with Crippen molar-refractivity contribution in [3.63, 3.8) is 0 Å². The van der Waals surface area contributed by atoms with E-state index in [0.29, 0.717) is 16.5 Å². The van der Waals surface area contributed by atoms with Crippen molar-refractivity contribution in [3.05, 3.63) is 60.2 Å². The summed E-state index contributed by atoms with van der Waals surface area (Å²) in [5.74, 6) is 1.26. The fraction of sp³-hybridized carbons (Fsp3) is 0.300. The molecule has 0 radical (unpaired) electrons. The van der Waals surface area contributed by atoms with Gasteiger partial charge in [0.2, 0.25) is 0 Å². The maximum absolute atomic E-state index is 12.2. The lowest BCUT2D eigenvalue weighted by atomic mass is 10.00. The van der Waals surface area contributed by atoms with E-state index < -0.39 is 0 Å². The Morgan fingerprint density at radius 1 is 1.08 bits per heavy atom. The number of carbonyl (C=O) groups excluding carboxylic acids is 1. The summed E-state index contributed by atoms with van der Waals surface area (Å²) in [6.45, 7) is 4.15. The summed E-state index contributed by atoms with van der Waals surface area (Å²) in [6.07, 6.45) is 2.28. The molecule has 5 heteroatoms. The zero-order valence-electron chi connectivity index (χ0n) is 14.3. The van der Waals surface area contributed by atoms with Crippen molar-refractivity contribution in [1.29, 1.82) is 0 Å². The van der Waals surface area contributed by atoms with Gasteiger partial charge in [-0.15, -0.1) is 0 Å². The Bertz CT molecular complexity index is 723. The van der Waals surface area contributed by atoms with E-state index in [1.165, 1.54) is 0 Å². The normalized spacial score (nSPS) is 14.8. The summed E-state index contributed by atoms with van der Waals surface area (Å²) in [4.78, 5) is 14.3. The van der Waals surface area contributed by atoms with Gasteiger partial charge >= 0.3 is 0 Å². The molecule has 0 spiro atoms. The molecule has 2 aromatic rings. The highest BCUT2D eigenvalue weighted by Gasteiger charge is 2.19. The number of nitrogens with zero attached hydrogens (tertiary/aromatic N) is 1. The molecule has 2 aromatic carbocycles. The average Bonchev–Trinajstić information content (AvgIpc) is 2.63. The fourth-order valence-electron chi connectivity index (χ4n) is 2.76. The van der Waals surface area contributed by atoms with Crippen LogP contribution < -0.4 is 10.1 Å². The molecule has 0 bridgehead atoms. The number of hydrogen-bond donors (Lipinski definition) is 1. The van der Waals surface area contributed by atoms with Crippen LogP contribution in [0.5, 0.6) is 5.75 Å². The maximum Gasteiger partial charge on any atom is 0.264 e. The maximum atomic E-state index is 12.2. The molecule has 25 heavy (non-hydrogen) atoms. The molecule has 0 saturated carbocycles. The molecule has 1 aliphatic heterocycles. The third kappa shape index (κ3) is 4.79. The Balaban J connectivity index is 1.56. The van der Waals surface area contributed by atoms with Crippen LogP contribution in [0.4, 0.5) is 5.69 Å². The van der Waals surface area contributed by atoms with Crippen LogP contribution in [-0.2, 0) is 0 Å². The molecule has 0 unspecified atom stereocenters. The van der Waals surface area contributed by atoms with Gasteiger partial charge in [0.15, 0.2) is 0 Å². The third-order valence-electron chi connectivity index (χ3n) is 4.40. The second-order valence-electron chi connectivity index (χ2n) is 6.38. The summed E-state index contributed by atoms with van der Waals surface area (Å²) in [6, 6.07) is 16.4. The number of nitrogens with one attached hydrogen (secondary N) is 1. The molecule has 4 nitrogen and oxygen atoms in total. The first kappa shape index (κ1) is 17.4. The van der Waals surface area contributed by atoms with Gasteiger partial charge in [-0.05, 0) is 67.4 Å². The fourth-order valence-corrected chi connectivity index (χ4v) is 3.03. The Morgan fingerprint density at radius 3 is 2.36 bits per heavy atom. The molecule has 1 saturated heterocycles. The average molecular weight is 354 g/mol. The van der Waals surface area contributed by atoms with Gasteiger partial charge in [-0.3, -0.25) is 4.79 Å². The van der Waals surface area contributed by atoms with Gasteiger partial charge in [-0.2, -0.15) is 0 Å². The van der Waals surface area contributed by atoms with Gasteiger partial charge in [-0.25, -0.2) is 0 Å². The number of anilines is 1. The first-order valence-corrected chi connectivity index (χ1v) is 8.96. The van der Waals surface area contributed by atoms with Crippen LogP contribution in [0.2, 0.25) is 0 Å². The number of carbonyl (C=O) groups is 1. The van der Waals surface area contributed by atoms with Crippen LogP contribution in [-0.4, -0.2) is 29.1 Å². The standard InChI is InChI=1S/C20H22N2O2S/c1-15-11-13-22(14-12-15)20(25)24-18-9-7-16(8-10-18)19(23)21-17-5-3-2-4-6-17/h2-10,15H,11-14H2,1H3,(H,21,23). The highest BCUT2D eigenvalue weighted by atomic mass is 32.1. The van der Waals surface area contributed by atoms with Crippen molar-refractivity contribution in [3.8, 4) is 5.75 Å². The quantitative estimate of drug-likeness (QED) is 0.833. The van der Waals surface area contributed by atoms with E-state index in [0.717, 1.165) is 37.5 Å². The monoisotopic (exact) mass is 354 g/mol. The number of rotatable bonds is 3. The smallest absolute Gasteiger partial charge is 0.264 e. The van der Waals surface area contributed by atoms with Crippen LogP contribution >= 0.6 is 12.2 Å². The molecule has 1 N–H and O–H groups in total. The van der Waals surface area contributed by atoms with Crippen molar-refractivity contribution in [1.82, 2.24) is 4.90 Å². The molecule has 0 aliphatic carbocycles. The van der Waals surface area contributed by atoms with Gasteiger partial charge in [0, 0.05) is 24.3 Å². The molecular weight excluding hydrogens is 332 g/mol. The Labute approximate surface area is 153 Å². The lowest BCUT2D eigenvalue weighted by Gasteiger charge is -2.31.